The zero-order valence-electron chi connectivity index (χ0n) is 45.0. The Labute approximate surface area is 464 Å². The highest BCUT2D eigenvalue weighted by atomic mass is 16.5. The quantitative estimate of drug-likeness (QED) is 0.0607. The van der Waals surface area contributed by atoms with Gasteiger partial charge in [0.25, 0.3) is 0 Å². The van der Waals surface area contributed by atoms with Crippen LogP contribution in [-0.4, -0.2) is 68.4 Å². The van der Waals surface area contributed by atoms with Gasteiger partial charge in [-0.1, -0.05) is 77.2 Å². The predicted molar refractivity (Wildman–Crippen MR) is 296 cm³/mol. The van der Waals surface area contributed by atoms with Gasteiger partial charge in [0.15, 0.2) is 22.7 Å². The molecule has 0 aliphatic carbocycles. The summed E-state index contributed by atoms with van der Waals surface area (Å²) in [7, 11) is 3.99. The molecule has 4 heterocycles. The van der Waals surface area contributed by atoms with E-state index in [9.17, 15) is 31.6 Å². The van der Waals surface area contributed by atoms with Crippen molar-refractivity contribution in [1.82, 2.24) is 30.0 Å². The molecule has 0 saturated carbocycles. The Kier molecular flexibility index (Phi) is 17.2. The largest absolute Gasteiger partial charge is 0.489 e. The molecular weight excluding hydrogens is 1010 g/mol. The molecule has 0 radical (unpaired) electrons. The van der Waals surface area contributed by atoms with Crippen molar-refractivity contribution in [2.45, 2.75) is 71.8 Å². The highest BCUT2D eigenvalue weighted by molar-refractivity contribution is 5.67. The molecule has 19 nitrogen and oxygen atoms in total. The van der Waals surface area contributed by atoms with Gasteiger partial charge in [-0.05, 0) is 92.9 Å². The summed E-state index contributed by atoms with van der Waals surface area (Å²) >= 11 is 0. The molecule has 4 aromatic carbocycles. The fourth-order valence-electron chi connectivity index (χ4n) is 8.67. The topological polar surface area (TPSA) is 257 Å². The van der Waals surface area contributed by atoms with Crippen molar-refractivity contribution in [3.05, 3.63) is 195 Å². The lowest BCUT2D eigenvalue weighted by molar-refractivity contribution is 0.0951. The normalized spacial score (nSPS) is 14.1. The van der Waals surface area contributed by atoms with Gasteiger partial charge in [-0.2, -0.15) is 31.6 Å². The minimum atomic E-state index is -0.895. The molecule has 0 atom stereocenters. The molecule has 2 aromatic heterocycles. The molecule has 0 spiro atoms. The van der Waals surface area contributed by atoms with Crippen LogP contribution in [0.25, 0.3) is 12.2 Å². The summed E-state index contributed by atoms with van der Waals surface area (Å²) in [5.74, 6) is 1.86. The molecule has 0 amide bonds. The third-order valence-electron chi connectivity index (χ3n) is 13.0. The number of aromatic nitrogens is 6. The molecule has 0 fully saturated rings. The van der Waals surface area contributed by atoms with Crippen LogP contribution in [-0.2, 0) is 42.4 Å². The number of hydrogen-bond donors (Lipinski definition) is 0. The van der Waals surface area contributed by atoms with Gasteiger partial charge in [-0.25, -0.2) is 0 Å². The van der Waals surface area contributed by atoms with Crippen LogP contribution in [0.3, 0.4) is 0 Å². The first-order valence-corrected chi connectivity index (χ1v) is 25.3. The number of nitrogens with zero attached hydrogens (tertiary/aromatic N) is 14. The second-order valence-corrected chi connectivity index (χ2v) is 19.5. The van der Waals surface area contributed by atoms with Gasteiger partial charge in [0.1, 0.15) is 107 Å². The Hall–Kier alpha value is -10.9. The van der Waals surface area contributed by atoms with Crippen molar-refractivity contribution in [3.8, 4) is 53.7 Å². The highest BCUT2D eigenvalue weighted by Gasteiger charge is 2.40. The number of likely N-dealkylation sites (N-methyl/N-ethyl adjacent to an activating group) is 2. The van der Waals surface area contributed by atoms with E-state index in [0.29, 0.717) is 60.2 Å². The predicted octanol–water partition coefficient (Wildman–Crippen LogP) is 9.77. The van der Waals surface area contributed by atoms with E-state index < -0.39 is 11.2 Å². The van der Waals surface area contributed by atoms with Crippen LogP contribution in [0, 0.1) is 68.0 Å². The standard InChI is InChI=1S/C61H54N14O5/c1-60(2)56(54(35-66)58(79-60)45(31-62)32-63)22-16-42-12-18-49(19-13-42)72(5)24-26-74-37-47(68-70-74)40-77-52-28-44(39-76-51-10-8-7-9-11-51)29-53(30-52)78-41-48-38-75(71-69-48)27-25-73(6)50-20-14-43(15-21-50)17-23-57-55(36-67)59(46(33-64)34-65)80-61(57,3)4/h7-23,28-30,37-38H,24-27,39-41H2,1-6H3/b22-16+,23-17+. The average molecular weight is 1060 g/mol. The first-order chi connectivity index (χ1) is 38.6. The number of benzene rings is 4. The molecule has 0 saturated heterocycles. The summed E-state index contributed by atoms with van der Waals surface area (Å²) in [6.45, 7) is 10.2. The number of anilines is 2. The average Bonchev–Trinajstić information content (AvgIpc) is 4.25. The monoisotopic (exact) mass is 1060 g/mol. The van der Waals surface area contributed by atoms with Gasteiger partial charge >= 0.3 is 0 Å². The molecule has 2 aliphatic rings. The fraction of sp³-hybridized carbons (Fsp3) is 0.246. The molecule has 398 valence electrons. The van der Waals surface area contributed by atoms with Crippen molar-refractivity contribution in [3.63, 3.8) is 0 Å². The second-order valence-electron chi connectivity index (χ2n) is 19.5. The molecule has 6 aromatic rings. The molecule has 8 rings (SSSR count). The first-order valence-electron chi connectivity index (χ1n) is 25.3. The van der Waals surface area contributed by atoms with E-state index in [0.717, 1.165) is 33.8 Å². The summed E-state index contributed by atoms with van der Waals surface area (Å²) in [5.41, 5.74) is 5.13. The summed E-state index contributed by atoms with van der Waals surface area (Å²) in [4.78, 5) is 4.21. The molecule has 2 aliphatic heterocycles. The number of hydrogen-bond acceptors (Lipinski definition) is 17. The van der Waals surface area contributed by atoms with E-state index >= 15 is 0 Å². The van der Waals surface area contributed by atoms with Crippen molar-refractivity contribution in [2.24, 2.45) is 0 Å². The molecule has 80 heavy (non-hydrogen) atoms. The summed E-state index contributed by atoms with van der Waals surface area (Å²) < 4.78 is 33.9. The lowest BCUT2D eigenvalue weighted by Gasteiger charge is -2.20. The van der Waals surface area contributed by atoms with Gasteiger partial charge in [-0.3, -0.25) is 9.36 Å². The van der Waals surface area contributed by atoms with Gasteiger partial charge in [0.05, 0.1) is 25.5 Å². The van der Waals surface area contributed by atoms with E-state index in [-0.39, 0.29) is 53.6 Å². The molecule has 19 heteroatoms. The van der Waals surface area contributed by atoms with Crippen LogP contribution in [0.1, 0.15) is 55.8 Å². The molecular formula is C61H54N14O5. The third-order valence-corrected chi connectivity index (χ3v) is 13.0. The highest BCUT2D eigenvalue weighted by Crippen LogP contribution is 2.42. The Bertz CT molecular complexity index is 3470. The van der Waals surface area contributed by atoms with E-state index in [1.165, 1.54) is 0 Å². The molecule has 0 bridgehead atoms. The lowest BCUT2D eigenvalue weighted by Crippen LogP contribution is -2.22. The number of allylic oxidation sites excluding steroid dienone is 4. The summed E-state index contributed by atoms with van der Waals surface area (Å²) in [6, 6.07) is 42.5. The van der Waals surface area contributed by atoms with E-state index in [1.807, 2.05) is 160 Å². The zero-order chi connectivity index (χ0) is 56.8. The third kappa shape index (κ3) is 13.4. The zero-order valence-corrected chi connectivity index (χ0v) is 45.0. The first kappa shape index (κ1) is 55.4. The maximum absolute atomic E-state index is 9.86. The maximum atomic E-state index is 9.86. The number of rotatable bonds is 21. The molecule has 0 N–H and O–H groups in total. The van der Waals surface area contributed by atoms with Crippen molar-refractivity contribution >= 4 is 23.5 Å². The number of nitriles is 6. The van der Waals surface area contributed by atoms with Gasteiger partial charge < -0.3 is 33.5 Å². The smallest absolute Gasteiger partial charge is 0.172 e. The number of para-hydroxylation sites is 1. The Balaban J connectivity index is 0.838. The van der Waals surface area contributed by atoms with Gasteiger partial charge in [-0.15, -0.1) is 10.2 Å². The lowest BCUT2D eigenvalue weighted by atomic mass is 9.94. The Morgan fingerprint density at radius 1 is 0.537 bits per heavy atom. The fourth-order valence-corrected chi connectivity index (χ4v) is 8.67. The van der Waals surface area contributed by atoms with Gasteiger partial charge in [0, 0.05) is 55.8 Å². The number of ether oxygens (including phenoxy) is 5. The molecule has 0 unspecified atom stereocenters. The van der Waals surface area contributed by atoms with E-state index in [2.05, 4.69) is 42.6 Å². The van der Waals surface area contributed by atoms with Crippen LogP contribution in [0.2, 0.25) is 0 Å². The van der Waals surface area contributed by atoms with Crippen LogP contribution < -0.4 is 24.0 Å². The summed E-state index contributed by atoms with van der Waals surface area (Å²) in [5, 5.41) is 74.7. The minimum Gasteiger partial charge on any atom is -0.489 e. The maximum Gasteiger partial charge on any atom is 0.172 e. The minimum absolute atomic E-state index is 0.00674. The second kappa shape index (κ2) is 24.9. The summed E-state index contributed by atoms with van der Waals surface area (Å²) in [6.07, 6.45) is 11.0. The van der Waals surface area contributed by atoms with Crippen molar-refractivity contribution < 1.29 is 23.7 Å². The SMILES string of the molecule is CN(CCn1cc(COc2cc(COc3ccccc3)cc(OCc3cn(CCN(C)c4ccc(/C=C/C5=C(C#N)C(=C(C#N)C#N)OC5(C)C)cc4)nn3)c2)nn1)c1ccc(/C=C/C2=C(C#N)C(=C(C#N)C#N)OC2(C)C)cc1. The van der Waals surface area contributed by atoms with Crippen LogP contribution in [0.4, 0.5) is 11.4 Å². The van der Waals surface area contributed by atoms with Crippen molar-refractivity contribution in [1.29, 1.82) is 31.6 Å². The van der Waals surface area contributed by atoms with E-state index in [4.69, 9.17) is 23.7 Å². The Morgan fingerprint density at radius 3 is 1.35 bits per heavy atom. The van der Waals surface area contributed by atoms with Gasteiger partial charge in [0.2, 0.25) is 0 Å². The van der Waals surface area contributed by atoms with Crippen LogP contribution >= 0.6 is 0 Å². The van der Waals surface area contributed by atoms with E-state index in [1.54, 1.807) is 49.2 Å². The van der Waals surface area contributed by atoms with Crippen molar-refractivity contribution in [2.75, 3.05) is 37.0 Å². The van der Waals surface area contributed by atoms with Crippen LogP contribution in [0.5, 0.6) is 17.2 Å². The van der Waals surface area contributed by atoms with Crippen LogP contribution in [0.15, 0.2) is 167 Å². The Morgan fingerprint density at radius 2 is 0.950 bits per heavy atom.